The molecular weight excluding hydrogens is 274 g/mol. The van der Waals surface area contributed by atoms with Crippen molar-refractivity contribution < 1.29 is 8.42 Å². The lowest BCUT2D eigenvalue weighted by Crippen LogP contribution is -2.28. The van der Waals surface area contributed by atoms with Crippen molar-refractivity contribution in [2.75, 3.05) is 11.4 Å². The molecule has 0 fully saturated rings. The number of benzene rings is 1. The number of rotatable bonds is 3. The lowest BCUT2D eigenvalue weighted by atomic mass is 10.2. The maximum absolute atomic E-state index is 12.6. The van der Waals surface area contributed by atoms with E-state index in [2.05, 4.69) is 4.98 Å². The molecular formula is C14H13N3O2S. The Balaban J connectivity index is 2.57. The number of nitriles is 1. The highest BCUT2D eigenvalue weighted by Gasteiger charge is 2.25. The van der Waals surface area contributed by atoms with Gasteiger partial charge in [-0.2, -0.15) is 5.26 Å². The van der Waals surface area contributed by atoms with Crippen LogP contribution in [0.3, 0.4) is 0 Å². The molecule has 0 radical (unpaired) electrons. The monoisotopic (exact) mass is 287 g/mol. The maximum atomic E-state index is 12.6. The Morgan fingerprint density at radius 3 is 2.55 bits per heavy atom. The summed E-state index contributed by atoms with van der Waals surface area (Å²) in [6.07, 6.45) is 1.39. The van der Waals surface area contributed by atoms with E-state index >= 15 is 0 Å². The van der Waals surface area contributed by atoms with Crippen molar-refractivity contribution in [2.24, 2.45) is 0 Å². The third-order valence-electron chi connectivity index (χ3n) is 2.97. The van der Waals surface area contributed by atoms with Crippen molar-refractivity contribution in [1.29, 1.82) is 5.26 Å². The van der Waals surface area contributed by atoms with E-state index in [4.69, 9.17) is 5.26 Å². The van der Waals surface area contributed by atoms with E-state index in [-0.39, 0.29) is 10.6 Å². The Bertz CT molecular complexity index is 779. The first-order chi connectivity index (χ1) is 9.48. The van der Waals surface area contributed by atoms with Crippen LogP contribution in [0.2, 0.25) is 0 Å². The molecule has 0 N–H and O–H groups in total. The zero-order chi connectivity index (χ0) is 14.8. The molecule has 1 aromatic carbocycles. The van der Waals surface area contributed by atoms with Gasteiger partial charge in [-0.1, -0.05) is 18.2 Å². The van der Waals surface area contributed by atoms with Crippen molar-refractivity contribution in [3.05, 3.63) is 53.9 Å². The zero-order valence-corrected chi connectivity index (χ0v) is 11.9. The maximum Gasteiger partial charge on any atom is 0.266 e. The summed E-state index contributed by atoms with van der Waals surface area (Å²) >= 11 is 0. The van der Waals surface area contributed by atoms with Gasteiger partial charge in [-0.05, 0) is 30.7 Å². The molecule has 5 nitrogen and oxygen atoms in total. The molecule has 0 unspecified atom stereocenters. The summed E-state index contributed by atoms with van der Waals surface area (Å²) < 4.78 is 26.4. The van der Waals surface area contributed by atoms with Crippen LogP contribution in [0, 0.1) is 18.3 Å². The molecule has 0 aliphatic rings. The molecule has 102 valence electrons. The smallest absolute Gasteiger partial charge is 0.266 e. The van der Waals surface area contributed by atoms with Gasteiger partial charge in [-0.3, -0.25) is 4.31 Å². The van der Waals surface area contributed by atoms with Crippen LogP contribution >= 0.6 is 0 Å². The van der Waals surface area contributed by atoms with Gasteiger partial charge in [0.2, 0.25) is 0 Å². The molecule has 20 heavy (non-hydrogen) atoms. The van der Waals surface area contributed by atoms with Gasteiger partial charge >= 0.3 is 0 Å². The summed E-state index contributed by atoms with van der Waals surface area (Å²) in [5.74, 6) is 0. The van der Waals surface area contributed by atoms with Crippen molar-refractivity contribution in [1.82, 2.24) is 4.98 Å². The van der Waals surface area contributed by atoms with Crippen LogP contribution in [0.25, 0.3) is 0 Å². The first-order valence-corrected chi connectivity index (χ1v) is 7.32. The molecule has 1 heterocycles. The Morgan fingerprint density at radius 2 is 1.90 bits per heavy atom. The topological polar surface area (TPSA) is 74.1 Å². The number of para-hydroxylation sites is 1. The summed E-state index contributed by atoms with van der Waals surface area (Å²) in [5.41, 5.74) is 1.30. The van der Waals surface area contributed by atoms with E-state index in [0.29, 0.717) is 5.69 Å². The number of nitrogens with zero attached hydrogens (tertiary/aromatic N) is 3. The Hall–Kier alpha value is -2.39. The first kappa shape index (κ1) is 14.0. The highest BCUT2D eigenvalue weighted by Crippen LogP contribution is 2.25. The average molecular weight is 287 g/mol. The summed E-state index contributed by atoms with van der Waals surface area (Å²) in [4.78, 5) is 3.71. The van der Waals surface area contributed by atoms with Crippen molar-refractivity contribution in [2.45, 2.75) is 11.8 Å². The van der Waals surface area contributed by atoms with Gasteiger partial charge in [0.25, 0.3) is 10.0 Å². The van der Waals surface area contributed by atoms with E-state index in [0.717, 1.165) is 5.56 Å². The van der Waals surface area contributed by atoms with Gasteiger partial charge in [0.1, 0.15) is 11.0 Å². The second-order valence-electron chi connectivity index (χ2n) is 4.22. The predicted molar refractivity (Wildman–Crippen MR) is 75.7 cm³/mol. The third kappa shape index (κ3) is 2.36. The molecule has 6 heteroatoms. The largest absolute Gasteiger partial charge is 0.269 e. The zero-order valence-electron chi connectivity index (χ0n) is 11.1. The van der Waals surface area contributed by atoms with Crippen LogP contribution in [0.4, 0.5) is 5.69 Å². The van der Waals surface area contributed by atoms with Crippen LogP contribution in [0.15, 0.2) is 47.5 Å². The fourth-order valence-corrected chi connectivity index (χ4v) is 3.23. The van der Waals surface area contributed by atoms with Gasteiger partial charge in [0.05, 0.1) is 5.69 Å². The number of aryl methyl sites for hydroxylation is 1. The minimum atomic E-state index is -3.81. The van der Waals surface area contributed by atoms with E-state index < -0.39 is 10.0 Å². The quantitative estimate of drug-likeness (QED) is 0.866. The van der Waals surface area contributed by atoms with Gasteiger partial charge < -0.3 is 0 Å². The Kier molecular flexibility index (Phi) is 3.72. The molecule has 0 atom stereocenters. The van der Waals surface area contributed by atoms with Gasteiger partial charge in [-0.25, -0.2) is 13.4 Å². The highest BCUT2D eigenvalue weighted by molar-refractivity contribution is 7.92. The lowest BCUT2D eigenvalue weighted by Gasteiger charge is -2.21. The van der Waals surface area contributed by atoms with E-state index in [1.165, 1.54) is 29.7 Å². The Morgan fingerprint density at radius 1 is 1.20 bits per heavy atom. The van der Waals surface area contributed by atoms with Gasteiger partial charge in [-0.15, -0.1) is 0 Å². The molecule has 0 bridgehead atoms. The van der Waals surface area contributed by atoms with E-state index in [9.17, 15) is 8.42 Å². The molecule has 0 amide bonds. The van der Waals surface area contributed by atoms with Gasteiger partial charge in [0, 0.05) is 13.2 Å². The fourth-order valence-electron chi connectivity index (χ4n) is 1.88. The summed E-state index contributed by atoms with van der Waals surface area (Å²) in [6, 6.07) is 11.8. The molecule has 1 aromatic heterocycles. The number of hydrogen-bond donors (Lipinski definition) is 0. The number of pyridine rings is 1. The summed E-state index contributed by atoms with van der Waals surface area (Å²) in [5, 5.41) is 8.99. The lowest BCUT2D eigenvalue weighted by molar-refractivity contribution is 0.593. The van der Waals surface area contributed by atoms with E-state index in [1.54, 1.807) is 18.2 Å². The third-order valence-corrected chi connectivity index (χ3v) is 4.77. The van der Waals surface area contributed by atoms with Crippen LogP contribution in [0.5, 0.6) is 0 Å². The number of hydrogen-bond acceptors (Lipinski definition) is 4. The molecule has 0 aliphatic carbocycles. The molecule has 0 saturated carbocycles. The van der Waals surface area contributed by atoms with Crippen molar-refractivity contribution >= 4 is 15.7 Å². The van der Waals surface area contributed by atoms with Crippen LogP contribution in [-0.4, -0.2) is 20.4 Å². The fraction of sp³-hybridized carbons (Fsp3) is 0.143. The molecule has 0 saturated heterocycles. The van der Waals surface area contributed by atoms with Crippen LogP contribution < -0.4 is 4.31 Å². The Labute approximate surface area is 118 Å². The predicted octanol–water partition coefficient (Wildman–Crippen LogP) is 2.09. The minimum absolute atomic E-state index is 0.0896. The SMILES string of the molecule is Cc1ccccc1N(C)S(=O)(=O)c1cccnc1C#N. The van der Waals surface area contributed by atoms with Crippen molar-refractivity contribution in [3.8, 4) is 6.07 Å². The standard InChI is InChI=1S/C14H13N3O2S/c1-11-6-3-4-7-13(11)17(2)20(18,19)14-8-5-9-16-12(14)10-15/h3-9H,1-2H3. The average Bonchev–Trinajstić information content (AvgIpc) is 2.47. The molecule has 0 aliphatic heterocycles. The van der Waals surface area contributed by atoms with Crippen molar-refractivity contribution in [3.63, 3.8) is 0 Å². The molecule has 0 spiro atoms. The van der Waals surface area contributed by atoms with Crippen LogP contribution in [0.1, 0.15) is 11.3 Å². The highest BCUT2D eigenvalue weighted by atomic mass is 32.2. The molecule has 2 aromatic rings. The van der Waals surface area contributed by atoms with E-state index in [1.807, 2.05) is 19.1 Å². The second kappa shape index (κ2) is 5.31. The number of aromatic nitrogens is 1. The summed E-state index contributed by atoms with van der Waals surface area (Å²) in [6.45, 7) is 1.83. The van der Waals surface area contributed by atoms with Gasteiger partial charge in [0.15, 0.2) is 5.69 Å². The minimum Gasteiger partial charge on any atom is -0.269 e. The first-order valence-electron chi connectivity index (χ1n) is 5.88. The second-order valence-corrected chi connectivity index (χ2v) is 6.16. The summed E-state index contributed by atoms with van der Waals surface area (Å²) in [7, 11) is -2.34. The number of sulfonamides is 1. The molecule has 2 rings (SSSR count). The number of anilines is 1. The normalized spacial score (nSPS) is 10.8. The van der Waals surface area contributed by atoms with Crippen LogP contribution in [-0.2, 0) is 10.0 Å².